The molecule has 1 saturated heterocycles. The molecule has 5 heteroatoms. The van der Waals surface area contributed by atoms with Gasteiger partial charge < -0.3 is 15.3 Å². The van der Waals surface area contributed by atoms with Crippen molar-refractivity contribution in [1.82, 2.24) is 9.97 Å². The van der Waals surface area contributed by atoms with Crippen molar-refractivity contribution in [3.63, 3.8) is 0 Å². The first kappa shape index (κ1) is 13.1. The highest BCUT2D eigenvalue weighted by atomic mass is 16.3. The molecule has 1 unspecified atom stereocenters. The smallest absolute Gasteiger partial charge is 0.134 e. The fraction of sp³-hybridized carbons (Fsp3) is 0.692. The summed E-state index contributed by atoms with van der Waals surface area (Å²) in [5.74, 6) is 2.62. The third-order valence-corrected chi connectivity index (χ3v) is 3.21. The maximum atomic E-state index is 10.0. The van der Waals surface area contributed by atoms with Crippen LogP contribution < -0.4 is 10.2 Å². The van der Waals surface area contributed by atoms with Crippen LogP contribution in [0.3, 0.4) is 0 Å². The van der Waals surface area contributed by atoms with E-state index in [4.69, 9.17) is 0 Å². The molecule has 5 nitrogen and oxygen atoms in total. The molecule has 0 bridgehead atoms. The second kappa shape index (κ2) is 5.10. The first-order valence-electron chi connectivity index (χ1n) is 6.63. The van der Waals surface area contributed by atoms with Gasteiger partial charge in [-0.05, 0) is 20.3 Å². The van der Waals surface area contributed by atoms with Crippen molar-refractivity contribution in [2.45, 2.75) is 39.2 Å². The molecule has 1 aromatic heterocycles. The standard InChI is InChI=1S/C13H22N4O/c1-4-10-15-11(14-5-2)8-12(16-10)17-7-6-13(3,18)9-17/h8,18H,4-7,9H2,1-3H3,(H,14,15,16). The zero-order valence-corrected chi connectivity index (χ0v) is 11.4. The Morgan fingerprint density at radius 2 is 2.22 bits per heavy atom. The van der Waals surface area contributed by atoms with E-state index < -0.39 is 5.60 Å². The second-order valence-corrected chi connectivity index (χ2v) is 5.08. The molecule has 1 fully saturated rings. The number of rotatable bonds is 4. The molecule has 0 aliphatic carbocycles. The van der Waals surface area contributed by atoms with E-state index in [9.17, 15) is 5.11 Å². The van der Waals surface area contributed by atoms with Crippen LogP contribution in [0, 0.1) is 0 Å². The molecule has 1 aliphatic heterocycles. The van der Waals surface area contributed by atoms with Crippen LogP contribution >= 0.6 is 0 Å². The maximum absolute atomic E-state index is 10.0. The average molecular weight is 250 g/mol. The van der Waals surface area contributed by atoms with E-state index in [0.717, 1.165) is 43.4 Å². The van der Waals surface area contributed by atoms with Crippen molar-refractivity contribution in [1.29, 1.82) is 0 Å². The predicted molar refractivity (Wildman–Crippen MR) is 73.0 cm³/mol. The van der Waals surface area contributed by atoms with Gasteiger partial charge in [0.1, 0.15) is 17.5 Å². The summed E-state index contributed by atoms with van der Waals surface area (Å²) in [5.41, 5.74) is -0.602. The van der Waals surface area contributed by atoms with E-state index in [1.54, 1.807) is 0 Å². The third-order valence-electron chi connectivity index (χ3n) is 3.21. The highest BCUT2D eigenvalue weighted by Crippen LogP contribution is 2.26. The van der Waals surface area contributed by atoms with Gasteiger partial charge in [0.2, 0.25) is 0 Å². The van der Waals surface area contributed by atoms with Crippen LogP contribution in [0.15, 0.2) is 6.07 Å². The minimum atomic E-state index is -0.602. The number of hydrogen-bond acceptors (Lipinski definition) is 5. The molecule has 0 spiro atoms. The zero-order valence-electron chi connectivity index (χ0n) is 11.4. The molecule has 100 valence electrons. The van der Waals surface area contributed by atoms with Crippen LogP contribution in [0.4, 0.5) is 11.6 Å². The van der Waals surface area contributed by atoms with Crippen molar-refractivity contribution < 1.29 is 5.11 Å². The van der Waals surface area contributed by atoms with Crippen LogP contribution in [0.25, 0.3) is 0 Å². The lowest BCUT2D eigenvalue weighted by Crippen LogP contribution is -2.30. The van der Waals surface area contributed by atoms with Crippen LogP contribution in [0.5, 0.6) is 0 Å². The van der Waals surface area contributed by atoms with E-state index in [0.29, 0.717) is 6.54 Å². The number of nitrogens with zero attached hydrogens (tertiary/aromatic N) is 3. The molecular formula is C13H22N4O. The molecule has 0 saturated carbocycles. The molecule has 1 aromatic rings. The lowest BCUT2D eigenvalue weighted by atomic mass is 10.1. The Balaban J connectivity index is 2.24. The molecule has 2 N–H and O–H groups in total. The molecule has 1 atom stereocenters. The fourth-order valence-electron chi connectivity index (χ4n) is 2.22. The molecular weight excluding hydrogens is 228 g/mol. The Hall–Kier alpha value is -1.36. The summed E-state index contributed by atoms with van der Waals surface area (Å²) in [6.45, 7) is 8.30. The Morgan fingerprint density at radius 1 is 1.44 bits per heavy atom. The van der Waals surface area contributed by atoms with Gasteiger partial charge in [-0.15, -0.1) is 0 Å². The number of β-amino-alcohol motifs (C(OH)–C–C–N with tert-alkyl or cyclic N) is 1. The van der Waals surface area contributed by atoms with Gasteiger partial charge in [0.15, 0.2) is 0 Å². The Labute approximate surface area is 108 Å². The van der Waals surface area contributed by atoms with E-state index in [1.165, 1.54) is 0 Å². The predicted octanol–water partition coefficient (Wildman–Crippen LogP) is 1.43. The maximum Gasteiger partial charge on any atom is 0.134 e. The largest absolute Gasteiger partial charge is 0.388 e. The first-order chi connectivity index (χ1) is 8.54. The van der Waals surface area contributed by atoms with Gasteiger partial charge in [-0.25, -0.2) is 9.97 Å². The Morgan fingerprint density at radius 3 is 2.78 bits per heavy atom. The highest BCUT2D eigenvalue weighted by molar-refractivity contribution is 5.50. The Bertz CT molecular complexity index is 419. The number of aliphatic hydroxyl groups is 1. The van der Waals surface area contributed by atoms with Crippen molar-refractivity contribution in [2.75, 3.05) is 29.9 Å². The lowest BCUT2D eigenvalue weighted by Gasteiger charge is -2.21. The summed E-state index contributed by atoms with van der Waals surface area (Å²) >= 11 is 0. The quantitative estimate of drug-likeness (QED) is 0.846. The van der Waals surface area contributed by atoms with Gasteiger partial charge in [0.05, 0.1) is 5.60 Å². The number of hydrogen-bond donors (Lipinski definition) is 2. The fourth-order valence-corrected chi connectivity index (χ4v) is 2.22. The van der Waals surface area contributed by atoms with Gasteiger partial charge >= 0.3 is 0 Å². The molecule has 18 heavy (non-hydrogen) atoms. The van der Waals surface area contributed by atoms with Crippen molar-refractivity contribution in [3.05, 3.63) is 11.9 Å². The summed E-state index contributed by atoms with van der Waals surface area (Å²) in [4.78, 5) is 11.1. The average Bonchev–Trinajstić information content (AvgIpc) is 2.70. The topological polar surface area (TPSA) is 61.3 Å². The first-order valence-corrected chi connectivity index (χ1v) is 6.63. The van der Waals surface area contributed by atoms with Gasteiger partial charge in [0.25, 0.3) is 0 Å². The van der Waals surface area contributed by atoms with Crippen molar-refractivity contribution >= 4 is 11.6 Å². The summed E-state index contributed by atoms with van der Waals surface area (Å²) in [5, 5.41) is 13.3. The minimum Gasteiger partial charge on any atom is -0.388 e. The summed E-state index contributed by atoms with van der Waals surface area (Å²) in [6, 6.07) is 1.96. The molecule has 0 aromatic carbocycles. The van der Waals surface area contributed by atoms with Gasteiger partial charge in [0, 0.05) is 32.1 Å². The van der Waals surface area contributed by atoms with E-state index in [1.807, 2.05) is 19.9 Å². The molecule has 2 rings (SSSR count). The lowest BCUT2D eigenvalue weighted by molar-refractivity contribution is 0.0839. The molecule has 2 heterocycles. The molecule has 0 amide bonds. The normalized spacial score (nSPS) is 23.4. The second-order valence-electron chi connectivity index (χ2n) is 5.08. The third kappa shape index (κ3) is 2.90. The van der Waals surface area contributed by atoms with E-state index >= 15 is 0 Å². The van der Waals surface area contributed by atoms with Gasteiger partial charge in [-0.3, -0.25) is 0 Å². The number of anilines is 2. The monoisotopic (exact) mass is 250 g/mol. The van der Waals surface area contributed by atoms with Gasteiger partial charge in [-0.2, -0.15) is 0 Å². The summed E-state index contributed by atoms with van der Waals surface area (Å²) in [7, 11) is 0. The van der Waals surface area contributed by atoms with Crippen LogP contribution in [0.1, 0.15) is 33.0 Å². The SMILES string of the molecule is CCNc1cc(N2CCC(C)(O)C2)nc(CC)n1. The number of aromatic nitrogens is 2. The summed E-state index contributed by atoms with van der Waals surface area (Å²) < 4.78 is 0. The Kier molecular flexibility index (Phi) is 3.71. The van der Waals surface area contributed by atoms with Crippen LogP contribution in [-0.2, 0) is 6.42 Å². The minimum absolute atomic E-state index is 0.602. The molecule has 1 aliphatic rings. The van der Waals surface area contributed by atoms with E-state index in [-0.39, 0.29) is 0 Å². The van der Waals surface area contributed by atoms with Crippen molar-refractivity contribution in [2.24, 2.45) is 0 Å². The van der Waals surface area contributed by atoms with Crippen molar-refractivity contribution in [3.8, 4) is 0 Å². The zero-order chi connectivity index (χ0) is 13.2. The highest BCUT2D eigenvalue weighted by Gasteiger charge is 2.32. The van der Waals surface area contributed by atoms with Crippen LogP contribution in [0.2, 0.25) is 0 Å². The number of aryl methyl sites for hydroxylation is 1. The van der Waals surface area contributed by atoms with E-state index in [2.05, 4.69) is 27.1 Å². The summed E-state index contributed by atoms with van der Waals surface area (Å²) in [6.07, 6.45) is 1.60. The molecule has 0 radical (unpaired) electrons. The number of nitrogens with one attached hydrogen (secondary N) is 1. The van der Waals surface area contributed by atoms with Gasteiger partial charge in [-0.1, -0.05) is 6.92 Å². The van der Waals surface area contributed by atoms with Crippen LogP contribution in [-0.4, -0.2) is 40.3 Å².